The molecule has 1 aromatic carbocycles. The summed E-state index contributed by atoms with van der Waals surface area (Å²) in [5.74, 6) is 0.456. The van der Waals surface area contributed by atoms with Crippen LogP contribution in [0.1, 0.15) is 25.3 Å². The van der Waals surface area contributed by atoms with Crippen molar-refractivity contribution in [1.29, 1.82) is 0 Å². The highest BCUT2D eigenvalue weighted by Crippen LogP contribution is 2.22. The number of likely N-dealkylation sites (N-methyl/N-ethyl adjacent to an activating group) is 1. The van der Waals surface area contributed by atoms with Gasteiger partial charge in [-0.1, -0.05) is 25.1 Å². The lowest BCUT2D eigenvalue weighted by molar-refractivity contribution is -0.153. The van der Waals surface area contributed by atoms with E-state index in [9.17, 15) is 13.2 Å². The molecule has 1 atom stereocenters. The number of benzene rings is 1. The fourth-order valence-electron chi connectivity index (χ4n) is 2.93. The van der Waals surface area contributed by atoms with E-state index >= 15 is 0 Å². The molecule has 8 heteroatoms. The predicted octanol–water partition coefficient (Wildman–Crippen LogP) is 2.52. The molecule has 25 heavy (non-hydrogen) atoms. The number of nitrogens with one attached hydrogen (secondary N) is 1. The van der Waals surface area contributed by atoms with E-state index in [1.165, 1.54) is 12.5 Å². The number of nitrogens with two attached hydrogens (primary N) is 1. The lowest BCUT2D eigenvalue weighted by Gasteiger charge is -2.23. The van der Waals surface area contributed by atoms with Gasteiger partial charge in [0.25, 0.3) is 0 Å². The Morgan fingerprint density at radius 1 is 1.40 bits per heavy atom. The SMILES string of the molecule is CCN1CCCC1CNC(N)=NCc1ccccc1OCC(F)(F)F. The predicted molar refractivity (Wildman–Crippen MR) is 91.6 cm³/mol. The highest BCUT2D eigenvalue weighted by Gasteiger charge is 2.28. The molecular weight excluding hydrogens is 333 g/mol. The second-order valence-corrected chi connectivity index (χ2v) is 6.02. The van der Waals surface area contributed by atoms with Gasteiger partial charge in [-0.2, -0.15) is 13.2 Å². The number of para-hydroxylation sites is 1. The van der Waals surface area contributed by atoms with Crippen LogP contribution in [0.15, 0.2) is 29.3 Å². The maximum Gasteiger partial charge on any atom is 0.422 e. The van der Waals surface area contributed by atoms with Gasteiger partial charge in [-0.25, -0.2) is 4.99 Å². The molecule has 1 aliphatic rings. The van der Waals surface area contributed by atoms with E-state index in [1.807, 2.05) is 0 Å². The number of hydrogen-bond acceptors (Lipinski definition) is 3. The van der Waals surface area contributed by atoms with Crippen LogP contribution in [0.3, 0.4) is 0 Å². The van der Waals surface area contributed by atoms with E-state index < -0.39 is 12.8 Å². The zero-order chi connectivity index (χ0) is 18.3. The fraction of sp³-hybridized carbons (Fsp3) is 0.588. The third-order valence-electron chi connectivity index (χ3n) is 4.21. The molecule has 1 saturated heterocycles. The first kappa shape index (κ1) is 19.4. The Morgan fingerprint density at radius 2 is 2.16 bits per heavy atom. The molecule has 0 saturated carbocycles. The van der Waals surface area contributed by atoms with Gasteiger partial charge in [0.1, 0.15) is 5.75 Å². The maximum absolute atomic E-state index is 12.3. The van der Waals surface area contributed by atoms with E-state index in [-0.39, 0.29) is 18.3 Å². The van der Waals surface area contributed by atoms with Crippen LogP contribution >= 0.6 is 0 Å². The average Bonchev–Trinajstić information content (AvgIpc) is 3.04. The van der Waals surface area contributed by atoms with Crippen molar-refractivity contribution < 1.29 is 17.9 Å². The van der Waals surface area contributed by atoms with Crippen LogP contribution < -0.4 is 15.8 Å². The van der Waals surface area contributed by atoms with Gasteiger partial charge in [0.05, 0.1) is 6.54 Å². The largest absolute Gasteiger partial charge is 0.484 e. The lowest BCUT2D eigenvalue weighted by atomic mass is 10.2. The van der Waals surface area contributed by atoms with E-state index in [2.05, 4.69) is 22.1 Å². The summed E-state index contributed by atoms with van der Waals surface area (Å²) in [6.45, 7) is 3.80. The van der Waals surface area contributed by atoms with Crippen molar-refractivity contribution >= 4 is 5.96 Å². The summed E-state index contributed by atoms with van der Waals surface area (Å²) in [6.07, 6.45) is -2.06. The number of halogens is 3. The molecule has 1 aromatic rings. The summed E-state index contributed by atoms with van der Waals surface area (Å²) in [7, 11) is 0. The van der Waals surface area contributed by atoms with E-state index in [0.29, 0.717) is 11.6 Å². The Labute approximate surface area is 146 Å². The summed E-state index contributed by atoms with van der Waals surface area (Å²) < 4.78 is 41.8. The highest BCUT2D eigenvalue weighted by atomic mass is 19.4. The fourth-order valence-corrected chi connectivity index (χ4v) is 2.93. The first-order valence-electron chi connectivity index (χ1n) is 8.44. The zero-order valence-electron chi connectivity index (χ0n) is 14.4. The first-order valence-corrected chi connectivity index (χ1v) is 8.44. The highest BCUT2D eigenvalue weighted by molar-refractivity contribution is 5.77. The van der Waals surface area contributed by atoms with Crippen LogP contribution in [0.25, 0.3) is 0 Å². The third-order valence-corrected chi connectivity index (χ3v) is 4.21. The van der Waals surface area contributed by atoms with Gasteiger partial charge in [0.2, 0.25) is 0 Å². The van der Waals surface area contributed by atoms with E-state index in [0.717, 1.165) is 26.1 Å². The number of ether oxygens (including phenoxy) is 1. The number of alkyl halides is 3. The molecule has 0 bridgehead atoms. The smallest absolute Gasteiger partial charge is 0.422 e. The standard InChI is InChI=1S/C17H25F3N4O/c1-2-24-9-5-7-14(24)11-23-16(21)22-10-13-6-3-4-8-15(13)25-12-17(18,19)20/h3-4,6,8,14H,2,5,7,9-12H2,1H3,(H3,21,22,23). The van der Waals surface area contributed by atoms with Crippen molar-refractivity contribution in [2.45, 2.75) is 38.5 Å². The van der Waals surface area contributed by atoms with Crippen molar-refractivity contribution in [3.8, 4) is 5.75 Å². The molecule has 0 radical (unpaired) electrons. The van der Waals surface area contributed by atoms with Gasteiger partial charge >= 0.3 is 6.18 Å². The Morgan fingerprint density at radius 3 is 2.88 bits per heavy atom. The molecule has 140 valence electrons. The monoisotopic (exact) mass is 358 g/mol. The van der Waals surface area contributed by atoms with Gasteiger partial charge in [-0.05, 0) is 32.0 Å². The molecule has 5 nitrogen and oxygen atoms in total. The first-order chi connectivity index (χ1) is 11.9. The average molecular weight is 358 g/mol. The van der Waals surface area contributed by atoms with Crippen molar-refractivity contribution in [2.24, 2.45) is 10.7 Å². The van der Waals surface area contributed by atoms with Crippen molar-refractivity contribution in [3.63, 3.8) is 0 Å². The van der Waals surface area contributed by atoms with Crippen LogP contribution in [0.2, 0.25) is 0 Å². The van der Waals surface area contributed by atoms with Crippen LogP contribution in [0.5, 0.6) is 5.75 Å². The number of guanidine groups is 1. The molecule has 0 amide bonds. The number of likely N-dealkylation sites (tertiary alicyclic amines) is 1. The minimum Gasteiger partial charge on any atom is -0.484 e. The molecule has 1 heterocycles. The van der Waals surface area contributed by atoms with Crippen LogP contribution in [0, 0.1) is 0 Å². The summed E-state index contributed by atoms with van der Waals surface area (Å²) in [5.41, 5.74) is 6.44. The van der Waals surface area contributed by atoms with E-state index in [1.54, 1.807) is 18.2 Å². The molecule has 0 spiro atoms. The molecule has 1 fully saturated rings. The Kier molecular flexibility index (Phi) is 6.92. The van der Waals surface area contributed by atoms with Crippen molar-refractivity contribution in [2.75, 3.05) is 26.2 Å². The summed E-state index contributed by atoms with van der Waals surface area (Å²) in [5, 5.41) is 3.10. The Bertz CT molecular complexity index is 577. The third kappa shape index (κ3) is 6.45. The van der Waals surface area contributed by atoms with Gasteiger partial charge in [-0.15, -0.1) is 0 Å². The Hall–Kier alpha value is -1.96. The molecular formula is C17H25F3N4O. The van der Waals surface area contributed by atoms with Gasteiger partial charge in [-0.3, -0.25) is 4.90 Å². The van der Waals surface area contributed by atoms with Crippen molar-refractivity contribution in [1.82, 2.24) is 10.2 Å². The second-order valence-electron chi connectivity index (χ2n) is 6.02. The molecule has 0 aliphatic carbocycles. The lowest BCUT2D eigenvalue weighted by Crippen LogP contribution is -2.42. The number of aliphatic imine (C=N–C) groups is 1. The Balaban J connectivity index is 1.87. The molecule has 3 N–H and O–H groups in total. The molecule has 0 aromatic heterocycles. The molecule has 1 unspecified atom stereocenters. The van der Waals surface area contributed by atoms with E-state index in [4.69, 9.17) is 10.5 Å². The quantitative estimate of drug-likeness (QED) is 0.581. The van der Waals surface area contributed by atoms with Crippen molar-refractivity contribution in [3.05, 3.63) is 29.8 Å². The van der Waals surface area contributed by atoms with Gasteiger partial charge in [0, 0.05) is 18.2 Å². The van der Waals surface area contributed by atoms with Crippen LogP contribution in [0.4, 0.5) is 13.2 Å². The summed E-state index contributed by atoms with van der Waals surface area (Å²) in [4.78, 5) is 6.60. The van der Waals surface area contributed by atoms with Gasteiger partial charge < -0.3 is 15.8 Å². The maximum atomic E-state index is 12.3. The summed E-state index contributed by atoms with van der Waals surface area (Å²) >= 11 is 0. The normalized spacial score (nSPS) is 19.2. The number of rotatable bonds is 7. The summed E-state index contributed by atoms with van der Waals surface area (Å²) in [6, 6.07) is 6.98. The molecule has 1 aliphatic heterocycles. The number of nitrogens with zero attached hydrogens (tertiary/aromatic N) is 2. The van der Waals surface area contributed by atoms with Crippen LogP contribution in [-0.4, -0.2) is 49.3 Å². The topological polar surface area (TPSA) is 62.9 Å². The second kappa shape index (κ2) is 8.94. The van der Waals surface area contributed by atoms with Gasteiger partial charge in [0.15, 0.2) is 12.6 Å². The minimum atomic E-state index is -4.37. The molecule has 2 rings (SSSR count). The number of hydrogen-bond donors (Lipinski definition) is 2. The minimum absolute atomic E-state index is 0.162. The zero-order valence-corrected chi connectivity index (χ0v) is 14.4. The van der Waals surface area contributed by atoms with Crippen LogP contribution in [-0.2, 0) is 6.54 Å².